The van der Waals surface area contributed by atoms with Crippen LogP contribution in [0.4, 0.5) is 5.69 Å². The number of unbranched alkanes of at least 4 members (excludes halogenated alkanes) is 1. The second-order valence-electron chi connectivity index (χ2n) is 4.37. The van der Waals surface area contributed by atoms with Gasteiger partial charge in [-0.05, 0) is 31.2 Å². The Morgan fingerprint density at radius 3 is 2.67 bits per heavy atom. The van der Waals surface area contributed by atoms with Crippen LogP contribution in [0.15, 0.2) is 18.2 Å². The Kier molecular flexibility index (Phi) is 7.09. The van der Waals surface area contributed by atoms with Gasteiger partial charge in [-0.25, -0.2) is 0 Å². The lowest BCUT2D eigenvalue weighted by molar-refractivity contribution is 0.301. The molecule has 0 aliphatic heterocycles. The molecular weight excluding hydrogens is 248 g/mol. The van der Waals surface area contributed by atoms with E-state index in [1.54, 1.807) is 0 Å². The Morgan fingerprint density at radius 1 is 1.33 bits per heavy atom. The van der Waals surface area contributed by atoms with Gasteiger partial charge in [0.2, 0.25) is 0 Å². The Morgan fingerprint density at radius 2 is 2.11 bits per heavy atom. The normalized spacial score (nSPS) is 10.7. The molecule has 1 aromatic rings. The molecule has 0 atom stereocenters. The third-order valence-electron chi connectivity index (χ3n) is 2.92. The molecule has 3 nitrogen and oxygen atoms in total. The monoisotopic (exact) mass is 270 g/mol. The molecule has 0 saturated heterocycles. The van der Waals surface area contributed by atoms with Crippen LogP contribution in [0.2, 0.25) is 5.02 Å². The van der Waals surface area contributed by atoms with Gasteiger partial charge in [0, 0.05) is 30.3 Å². The van der Waals surface area contributed by atoms with Gasteiger partial charge in [0.1, 0.15) is 0 Å². The number of nitrogens with zero attached hydrogens (tertiary/aromatic N) is 1. The standard InChI is InChI=1S/C14H23ClN2O/c1-3-4-7-17(8-9-18)13-6-5-12(11-16-2)14(15)10-13/h5-6,10,16,18H,3-4,7-9,11H2,1-2H3. The summed E-state index contributed by atoms with van der Waals surface area (Å²) in [6.45, 7) is 4.72. The summed E-state index contributed by atoms with van der Waals surface area (Å²) in [5.41, 5.74) is 2.18. The molecule has 0 aliphatic rings. The van der Waals surface area contributed by atoms with Crippen molar-refractivity contribution in [1.29, 1.82) is 0 Å². The van der Waals surface area contributed by atoms with E-state index in [4.69, 9.17) is 16.7 Å². The highest BCUT2D eigenvalue weighted by molar-refractivity contribution is 6.31. The highest BCUT2D eigenvalue weighted by Crippen LogP contribution is 2.24. The predicted octanol–water partition coefficient (Wildman–Crippen LogP) is 2.66. The molecule has 0 bridgehead atoms. The van der Waals surface area contributed by atoms with Gasteiger partial charge in [0.15, 0.2) is 0 Å². The van der Waals surface area contributed by atoms with Crippen LogP contribution in [-0.2, 0) is 6.54 Å². The summed E-state index contributed by atoms with van der Waals surface area (Å²) >= 11 is 6.26. The average Bonchev–Trinajstić information content (AvgIpc) is 2.37. The van der Waals surface area contributed by atoms with E-state index in [1.807, 2.05) is 19.2 Å². The van der Waals surface area contributed by atoms with E-state index in [1.165, 1.54) is 0 Å². The summed E-state index contributed by atoms with van der Waals surface area (Å²) in [6.07, 6.45) is 2.27. The third-order valence-corrected chi connectivity index (χ3v) is 3.27. The number of hydrogen-bond acceptors (Lipinski definition) is 3. The summed E-state index contributed by atoms with van der Waals surface area (Å²) < 4.78 is 0. The van der Waals surface area contributed by atoms with Crippen molar-refractivity contribution < 1.29 is 5.11 Å². The van der Waals surface area contributed by atoms with Crippen LogP contribution in [0.25, 0.3) is 0 Å². The number of halogens is 1. The van der Waals surface area contributed by atoms with Gasteiger partial charge in [0.05, 0.1) is 6.61 Å². The molecule has 4 heteroatoms. The van der Waals surface area contributed by atoms with Gasteiger partial charge in [-0.1, -0.05) is 31.0 Å². The van der Waals surface area contributed by atoms with Gasteiger partial charge < -0.3 is 15.3 Å². The van der Waals surface area contributed by atoms with E-state index in [0.717, 1.165) is 42.2 Å². The molecule has 102 valence electrons. The maximum atomic E-state index is 9.12. The second-order valence-corrected chi connectivity index (χ2v) is 4.78. The SMILES string of the molecule is CCCCN(CCO)c1ccc(CNC)c(Cl)c1. The molecule has 0 radical (unpaired) electrons. The first kappa shape index (κ1) is 15.3. The molecular formula is C14H23ClN2O. The van der Waals surface area contributed by atoms with Gasteiger partial charge in [-0.15, -0.1) is 0 Å². The quantitative estimate of drug-likeness (QED) is 0.762. The van der Waals surface area contributed by atoms with E-state index in [9.17, 15) is 0 Å². The molecule has 1 rings (SSSR count). The highest BCUT2D eigenvalue weighted by atomic mass is 35.5. The first-order valence-corrected chi connectivity index (χ1v) is 6.89. The predicted molar refractivity (Wildman–Crippen MR) is 78.4 cm³/mol. The molecule has 18 heavy (non-hydrogen) atoms. The summed E-state index contributed by atoms with van der Waals surface area (Å²) in [5.74, 6) is 0. The average molecular weight is 271 g/mol. The number of hydrogen-bond donors (Lipinski definition) is 2. The van der Waals surface area contributed by atoms with Crippen LogP contribution in [0.1, 0.15) is 25.3 Å². The molecule has 0 aliphatic carbocycles. The van der Waals surface area contributed by atoms with Crippen molar-refractivity contribution in [3.05, 3.63) is 28.8 Å². The number of rotatable bonds is 8. The maximum Gasteiger partial charge on any atom is 0.0606 e. The topological polar surface area (TPSA) is 35.5 Å². The molecule has 0 unspecified atom stereocenters. The minimum Gasteiger partial charge on any atom is -0.395 e. The zero-order valence-corrected chi connectivity index (χ0v) is 12.0. The fourth-order valence-corrected chi connectivity index (χ4v) is 2.15. The second kappa shape index (κ2) is 8.35. The number of aliphatic hydroxyl groups is 1. The largest absolute Gasteiger partial charge is 0.395 e. The Hall–Kier alpha value is -0.770. The molecule has 0 fully saturated rings. The van der Waals surface area contributed by atoms with Crippen molar-refractivity contribution in [2.45, 2.75) is 26.3 Å². The van der Waals surface area contributed by atoms with Crippen LogP contribution < -0.4 is 10.2 Å². The molecule has 0 spiro atoms. The van der Waals surface area contributed by atoms with Crippen molar-refractivity contribution in [2.24, 2.45) is 0 Å². The summed E-state index contributed by atoms with van der Waals surface area (Å²) in [5, 5.41) is 13.0. The Bertz CT molecular complexity index is 358. The van der Waals surface area contributed by atoms with Crippen LogP contribution >= 0.6 is 11.6 Å². The Labute approximate surface area is 115 Å². The minimum absolute atomic E-state index is 0.166. The summed E-state index contributed by atoms with van der Waals surface area (Å²) in [4.78, 5) is 2.18. The van der Waals surface area contributed by atoms with E-state index in [0.29, 0.717) is 6.54 Å². The van der Waals surface area contributed by atoms with Crippen LogP contribution in [0.5, 0.6) is 0 Å². The first-order valence-electron chi connectivity index (χ1n) is 6.51. The molecule has 0 heterocycles. The lowest BCUT2D eigenvalue weighted by atomic mass is 10.2. The maximum absolute atomic E-state index is 9.12. The lowest BCUT2D eigenvalue weighted by Crippen LogP contribution is -2.27. The zero-order chi connectivity index (χ0) is 13.4. The van der Waals surface area contributed by atoms with Gasteiger partial charge in [-0.2, -0.15) is 0 Å². The van der Waals surface area contributed by atoms with Gasteiger partial charge in [-0.3, -0.25) is 0 Å². The van der Waals surface area contributed by atoms with E-state index < -0.39 is 0 Å². The van der Waals surface area contributed by atoms with E-state index in [2.05, 4.69) is 23.2 Å². The molecule has 0 aromatic heterocycles. The third kappa shape index (κ3) is 4.48. The molecule has 2 N–H and O–H groups in total. The van der Waals surface area contributed by atoms with Crippen LogP contribution in [0, 0.1) is 0 Å². The van der Waals surface area contributed by atoms with Crippen molar-refractivity contribution in [3.63, 3.8) is 0 Å². The number of aliphatic hydroxyl groups excluding tert-OH is 1. The molecule has 0 saturated carbocycles. The first-order chi connectivity index (χ1) is 8.72. The van der Waals surface area contributed by atoms with E-state index >= 15 is 0 Å². The molecule has 0 amide bonds. The Balaban J connectivity index is 2.81. The summed E-state index contributed by atoms with van der Waals surface area (Å²) in [7, 11) is 1.91. The number of anilines is 1. The van der Waals surface area contributed by atoms with Crippen molar-refractivity contribution in [3.8, 4) is 0 Å². The lowest BCUT2D eigenvalue weighted by Gasteiger charge is -2.24. The van der Waals surface area contributed by atoms with Crippen LogP contribution in [-0.4, -0.2) is 31.9 Å². The van der Waals surface area contributed by atoms with Crippen molar-refractivity contribution in [2.75, 3.05) is 31.6 Å². The highest BCUT2D eigenvalue weighted by Gasteiger charge is 2.08. The number of benzene rings is 1. The fraction of sp³-hybridized carbons (Fsp3) is 0.571. The fourth-order valence-electron chi connectivity index (χ4n) is 1.91. The van der Waals surface area contributed by atoms with Crippen LogP contribution in [0.3, 0.4) is 0 Å². The zero-order valence-electron chi connectivity index (χ0n) is 11.2. The minimum atomic E-state index is 0.166. The van der Waals surface area contributed by atoms with Gasteiger partial charge >= 0.3 is 0 Å². The smallest absolute Gasteiger partial charge is 0.0606 e. The van der Waals surface area contributed by atoms with Crippen molar-refractivity contribution >= 4 is 17.3 Å². The van der Waals surface area contributed by atoms with Gasteiger partial charge in [0.25, 0.3) is 0 Å². The molecule has 1 aromatic carbocycles. The van der Waals surface area contributed by atoms with E-state index in [-0.39, 0.29) is 6.61 Å². The summed E-state index contributed by atoms with van der Waals surface area (Å²) in [6, 6.07) is 6.11. The number of nitrogens with one attached hydrogen (secondary N) is 1. The van der Waals surface area contributed by atoms with Crippen molar-refractivity contribution in [1.82, 2.24) is 5.32 Å².